The van der Waals surface area contributed by atoms with Crippen LogP contribution in [0.15, 0.2) is 0 Å². The molecular weight excluding hydrogens is 178 g/mol. The Morgan fingerprint density at radius 2 is 1.93 bits per heavy atom. The van der Waals surface area contributed by atoms with E-state index < -0.39 is 0 Å². The molecule has 0 aromatic rings. The van der Waals surface area contributed by atoms with Crippen LogP contribution in [-0.2, 0) is 4.79 Å². The second-order valence-electron chi connectivity index (χ2n) is 4.20. The van der Waals surface area contributed by atoms with Crippen LogP contribution in [0, 0.1) is 17.2 Å². The maximum Gasteiger partial charge on any atom is 0.220 e. The molecule has 0 aliphatic carbocycles. The Morgan fingerprint density at radius 3 is 2.29 bits per heavy atom. The number of carbonyl (C=O) groups is 1. The van der Waals surface area contributed by atoms with Gasteiger partial charge < -0.3 is 10.6 Å². The normalized spacial score (nSPS) is 18.6. The number of hydrogen-bond donors (Lipinski definition) is 2. The second-order valence-corrected chi connectivity index (χ2v) is 4.20. The highest BCUT2D eigenvalue weighted by Gasteiger charge is 2.24. The van der Waals surface area contributed by atoms with Crippen LogP contribution in [0.2, 0.25) is 0 Å². The molecule has 14 heavy (non-hydrogen) atoms. The lowest BCUT2D eigenvalue weighted by atomic mass is 9.95. The molecule has 0 atom stereocenters. The van der Waals surface area contributed by atoms with Crippen LogP contribution in [0.4, 0.5) is 0 Å². The summed E-state index contributed by atoms with van der Waals surface area (Å²) in [5.41, 5.74) is 5.24. The van der Waals surface area contributed by atoms with Gasteiger partial charge in [-0.05, 0) is 12.8 Å². The Morgan fingerprint density at radius 1 is 1.43 bits per heavy atom. The molecule has 0 spiro atoms. The van der Waals surface area contributed by atoms with E-state index >= 15 is 0 Å². The summed E-state index contributed by atoms with van der Waals surface area (Å²) in [4.78, 5) is 13.0. The largest absolute Gasteiger partial charge is 0.369 e. The molecule has 0 unspecified atom stereocenters. The van der Waals surface area contributed by atoms with Crippen molar-refractivity contribution in [1.82, 2.24) is 4.90 Å². The molecule has 1 rings (SSSR count). The van der Waals surface area contributed by atoms with Crippen molar-refractivity contribution in [3.05, 3.63) is 0 Å². The summed E-state index contributed by atoms with van der Waals surface area (Å²) in [5.74, 6) is 0.764. The van der Waals surface area contributed by atoms with Gasteiger partial charge >= 0.3 is 0 Å². The Labute approximate surface area is 85.0 Å². The molecular formula is C10H19N3O. The fourth-order valence-electron chi connectivity index (χ4n) is 1.77. The van der Waals surface area contributed by atoms with E-state index in [-0.39, 0.29) is 17.7 Å². The van der Waals surface area contributed by atoms with Gasteiger partial charge in [0.05, 0.1) is 5.84 Å². The third-order valence-electron chi connectivity index (χ3n) is 2.78. The summed E-state index contributed by atoms with van der Waals surface area (Å²) in [6.45, 7) is 5.63. The summed E-state index contributed by atoms with van der Waals surface area (Å²) in [6.07, 6.45) is 1.59. The van der Waals surface area contributed by atoms with Gasteiger partial charge in [-0.2, -0.15) is 0 Å². The molecule has 1 saturated heterocycles. The summed E-state index contributed by atoms with van der Waals surface area (Å²) in [7, 11) is 0. The van der Waals surface area contributed by atoms with Gasteiger partial charge in [-0.15, -0.1) is 0 Å². The van der Waals surface area contributed by atoms with E-state index in [2.05, 4.69) is 0 Å². The summed E-state index contributed by atoms with van der Waals surface area (Å²) < 4.78 is 0. The van der Waals surface area contributed by atoms with E-state index in [0.717, 1.165) is 25.9 Å². The van der Waals surface area contributed by atoms with Crippen LogP contribution >= 0.6 is 0 Å². The molecule has 80 valence electrons. The second kappa shape index (κ2) is 4.44. The first-order valence-corrected chi connectivity index (χ1v) is 5.15. The number of hydrogen-bond acceptors (Lipinski definition) is 2. The summed E-state index contributed by atoms with van der Waals surface area (Å²) in [5, 5.41) is 7.82. The molecule has 1 amide bonds. The predicted octanol–water partition coefficient (Wildman–Crippen LogP) is 0.817. The molecule has 1 aliphatic rings. The zero-order chi connectivity index (χ0) is 10.7. The van der Waals surface area contributed by atoms with Gasteiger partial charge in [0.15, 0.2) is 0 Å². The number of carbonyl (C=O) groups excluding carboxylic acids is 1. The van der Waals surface area contributed by atoms with Crippen molar-refractivity contribution < 1.29 is 4.79 Å². The Kier molecular flexibility index (Phi) is 3.49. The van der Waals surface area contributed by atoms with Crippen LogP contribution in [0.25, 0.3) is 0 Å². The number of nitrogens with two attached hydrogens (primary N) is 1. The quantitative estimate of drug-likeness (QED) is 0.508. The number of likely N-dealkylation sites (tertiary alicyclic amines) is 1. The van der Waals surface area contributed by atoms with E-state index in [1.807, 2.05) is 18.7 Å². The van der Waals surface area contributed by atoms with Crippen molar-refractivity contribution in [2.45, 2.75) is 26.7 Å². The lowest BCUT2D eigenvalue weighted by molar-refractivity contribution is -0.122. The number of amidine groups is 1. The summed E-state index contributed by atoms with van der Waals surface area (Å²) >= 11 is 0. The minimum absolute atomic E-state index is 0.0196. The van der Waals surface area contributed by atoms with Gasteiger partial charge in [0.2, 0.25) is 5.91 Å². The molecule has 4 nitrogen and oxygen atoms in total. The molecule has 3 N–H and O–H groups in total. The lowest BCUT2D eigenvalue weighted by Gasteiger charge is -2.33. The number of primary amides is 1. The third kappa shape index (κ3) is 2.47. The monoisotopic (exact) mass is 197 g/mol. The first kappa shape index (κ1) is 11.0. The zero-order valence-corrected chi connectivity index (χ0v) is 8.92. The van der Waals surface area contributed by atoms with E-state index in [4.69, 9.17) is 11.1 Å². The van der Waals surface area contributed by atoms with E-state index in [1.165, 1.54) is 0 Å². The van der Waals surface area contributed by atoms with Crippen LogP contribution in [0.1, 0.15) is 26.7 Å². The highest BCUT2D eigenvalue weighted by Crippen LogP contribution is 2.18. The van der Waals surface area contributed by atoms with Gasteiger partial charge in [0.1, 0.15) is 0 Å². The zero-order valence-electron chi connectivity index (χ0n) is 8.92. The molecule has 1 aliphatic heterocycles. The van der Waals surface area contributed by atoms with Crippen LogP contribution < -0.4 is 5.73 Å². The average Bonchev–Trinajstić information content (AvgIpc) is 2.16. The fourth-order valence-corrected chi connectivity index (χ4v) is 1.77. The maximum atomic E-state index is 10.9. The third-order valence-corrected chi connectivity index (χ3v) is 2.78. The molecule has 0 radical (unpaired) electrons. The smallest absolute Gasteiger partial charge is 0.220 e. The van der Waals surface area contributed by atoms with Crippen molar-refractivity contribution in [3.63, 3.8) is 0 Å². The average molecular weight is 197 g/mol. The van der Waals surface area contributed by atoms with Crippen LogP contribution in [0.5, 0.6) is 0 Å². The Balaban J connectivity index is 2.43. The molecule has 1 heterocycles. The molecule has 1 fully saturated rings. The van der Waals surface area contributed by atoms with Crippen LogP contribution in [-0.4, -0.2) is 29.7 Å². The SMILES string of the molecule is CC(C)C(=N)N1CCC(C(N)=O)CC1. The van der Waals surface area contributed by atoms with Crippen LogP contribution in [0.3, 0.4) is 0 Å². The highest BCUT2D eigenvalue weighted by molar-refractivity contribution is 5.82. The number of rotatable bonds is 2. The predicted molar refractivity (Wildman–Crippen MR) is 56.1 cm³/mol. The topological polar surface area (TPSA) is 70.2 Å². The highest BCUT2D eigenvalue weighted by atomic mass is 16.1. The van der Waals surface area contributed by atoms with Crippen molar-refractivity contribution in [2.75, 3.05) is 13.1 Å². The lowest BCUT2D eigenvalue weighted by Crippen LogP contribution is -2.43. The van der Waals surface area contributed by atoms with Gasteiger partial charge in [0.25, 0.3) is 0 Å². The van der Waals surface area contributed by atoms with Crippen molar-refractivity contribution >= 4 is 11.7 Å². The minimum atomic E-state index is -0.194. The maximum absolute atomic E-state index is 10.9. The first-order chi connectivity index (χ1) is 6.52. The van der Waals surface area contributed by atoms with Crippen molar-refractivity contribution in [3.8, 4) is 0 Å². The fraction of sp³-hybridized carbons (Fsp3) is 0.800. The standard InChI is InChI=1S/C10H19N3O/c1-7(2)9(11)13-5-3-8(4-6-13)10(12)14/h7-8,11H,3-6H2,1-2H3,(H2,12,14). The molecule has 0 aromatic carbocycles. The number of nitrogens with one attached hydrogen (secondary N) is 1. The van der Waals surface area contributed by atoms with Gasteiger partial charge in [-0.25, -0.2) is 0 Å². The van der Waals surface area contributed by atoms with E-state index in [0.29, 0.717) is 5.84 Å². The molecule has 0 aromatic heterocycles. The molecule has 4 heteroatoms. The number of nitrogens with zero attached hydrogens (tertiary/aromatic N) is 1. The minimum Gasteiger partial charge on any atom is -0.369 e. The number of piperidine rings is 1. The molecule has 0 saturated carbocycles. The van der Waals surface area contributed by atoms with Gasteiger partial charge in [-0.1, -0.05) is 13.8 Å². The number of amides is 1. The summed E-state index contributed by atoms with van der Waals surface area (Å²) in [6, 6.07) is 0. The first-order valence-electron chi connectivity index (χ1n) is 5.15. The van der Waals surface area contributed by atoms with Crippen molar-refractivity contribution in [2.24, 2.45) is 17.6 Å². The Hall–Kier alpha value is -1.06. The van der Waals surface area contributed by atoms with Gasteiger partial charge in [0, 0.05) is 24.9 Å². The Bertz CT molecular complexity index is 230. The molecule has 0 bridgehead atoms. The van der Waals surface area contributed by atoms with E-state index in [9.17, 15) is 4.79 Å². The van der Waals surface area contributed by atoms with Gasteiger partial charge in [-0.3, -0.25) is 10.2 Å². The van der Waals surface area contributed by atoms with E-state index in [1.54, 1.807) is 0 Å². The van der Waals surface area contributed by atoms with Crippen molar-refractivity contribution in [1.29, 1.82) is 5.41 Å².